The Morgan fingerprint density at radius 2 is 1.48 bits per heavy atom. The lowest BCUT2D eigenvalue weighted by atomic mass is 10.1. The maximum absolute atomic E-state index is 13.1. The normalized spacial score (nSPS) is 22.6. The number of benzene rings is 2. The number of β-amino-alcohol motifs (C(OH)–C–C–N with tert-alkyl or cyclic N) is 1. The van der Waals surface area contributed by atoms with Crippen molar-refractivity contribution >= 4 is 0 Å². The van der Waals surface area contributed by atoms with Crippen molar-refractivity contribution in [2.75, 3.05) is 72.4 Å². The third-order valence-corrected chi connectivity index (χ3v) is 5.87. The smallest absolute Gasteiger partial charge is 0.134 e. The highest BCUT2D eigenvalue weighted by Crippen LogP contribution is 2.20. The van der Waals surface area contributed by atoms with Crippen LogP contribution >= 0.6 is 0 Å². The van der Waals surface area contributed by atoms with Gasteiger partial charge in [-0.3, -0.25) is 9.80 Å². The Hall–Kier alpha value is -2.23. The van der Waals surface area contributed by atoms with Gasteiger partial charge in [0, 0.05) is 39.3 Å². The van der Waals surface area contributed by atoms with Crippen molar-refractivity contribution in [2.45, 2.75) is 12.1 Å². The van der Waals surface area contributed by atoms with Crippen LogP contribution in [0.4, 0.5) is 4.39 Å². The Bertz CT molecular complexity index is 845. The minimum Gasteiger partial charge on any atom is -0.492 e. The Morgan fingerprint density at radius 3 is 2.24 bits per heavy atom. The van der Waals surface area contributed by atoms with Gasteiger partial charge in [0.25, 0.3) is 0 Å². The molecule has 0 aromatic heterocycles. The summed E-state index contributed by atoms with van der Waals surface area (Å²) in [6.07, 6.45) is 0. The summed E-state index contributed by atoms with van der Waals surface area (Å²) in [6.45, 7) is 7.72. The molecular weight excluding hydrogens is 427 g/mol. The van der Waals surface area contributed by atoms with Crippen LogP contribution in [-0.2, 0) is 16.0 Å². The third kappa shape index (κ3) is 7.65. The first-order valence-electron chi connectivity index (χ1n) is 11.5. The number of halogens is 1. The van der Waals surface area contributed by atoms with Crippen molar-refractivity contribution in [3.05, 3.63) is 59.9 Å². The minimum atomic E-state index is -1.15. The van der Waals surface area contributed by atoms with Crippen molar-refractivity contribution in [1.29, 1.82) is 0 Å². The van der Waals surface area contributed by atoms with E-state index in [1.165, 1.54) is 12.1 Å². The fourth-order valence-electron chi connectivity index (χ4n) is 4.03. The second-order valence-corrected chi connectivity index (χ2v) is 8.68. The maximum atomic E-state index is 13.1. The number of ether oxygens (including phenoxy) is 4. The zero-order valence-electron chi connectivity index (χ0n) is 19.0. The molecule has 0 saturated carbocycles. The highest BCUT2D eigenvalue weighted by atomic mass is 19.1. The van der Waals surface area contributed by atoms with Gasteiger partial charge >= 0.3 is 0 Å². The van der Waals surface area contributed by atoms with Crippen molar-refractivity contribution in [2.24, 2.45) is 0 Å². The second kappa shape index (κ2) is 11.8. The van der Waals surface area contributed by atoms with E-state index >= 15 is 0 Å². The van der Waals surface area contributed by atoms with E-state index < -0.39 is 5.60 Å². The minimum absolute atomic E-state index is 0.0745. The molecule has 2 aliphatic rings. The zero-order valence-corrected chi connectivity index (χ0v) is 19.0. The first-order valence-corrected chi connectivity index (χ1v) is 11.5. The Balaban J connectivity index is 1.25. The van der Waals surface area contributed by atoms with Gasteiger partial charge in [0.2, 0.25) is 0 Å². The molecule has 33 heavy (non-hydrogen) atoms. The largest absolute Gasteiger partial charge is 0.492 e. The molecule has 0 spiro atoms. The van der Waals surface area contributed by atoms with Crippen LogP contribution in [0.3, 0.4) is 0 Å². The van der Waals surface area contributed by atoms with E-state index in [1.54, 1.807) is 12.1 Å². The molecule has 2 aromatic carbocycles. The number of aliphatic hydroxyl groups is 1. The summed E-state index contributed by atoms with van der Waals surface area (Å²) in [5, 5.41) is 11.1. The van der Waals surface area contributed by atoms with Gasteiger partial charge in [0.05, 0.1) is 26.4 Å². The first-order chi connectivity index (χ1) is 16.1. The lowest BCUT2D eigenvalue weighted by molar-refractivity contribution is -0.0646. The van der Waals surface area contributed by atoms with Crippen LogP contribution in [0.2, 0.25) is 0 Å². The second-order valence-electron chi connectivity index (χ2n) is 8.68. The van der Waals surface area contributed by atoms with E-state index in [2.05, 4.69) is 21.9 Å². The van der Waals surface area contributed by atoms with Crippen molar-refractivity contribution in [3.8, 4) is 11.5 Å². The third-order valence-electron chi connectivity index (χ3n) is 5.87. The van der Waals surface area contributed by atoms with E-state index in [0.717, 1.165) is 50.7 Å². The maximum Gasteiger partial charge on any atom is 0.134 e. The quantitative estimate of drug-likeness (QED) is 0.616. The lowest BCUT2D eigenvalue weighted by Crippen LogP contribution is -2.48. The van der Waals surface area contributed by atoms with Gasteiger partial charge in [-0.25, -0.2) is 4.39 Å². The monoisotopic (exact) mass is 460 g/mol. The molecule has 2 fully saturated rings. The molecule has 4 rings (SSSR count). The Morgan fingerprint density at radius 1 is 0.848 bits per heavy atom. The predicted molar refractivity (Wildman–Crippen MR) is 122 cm³/mol. The van der Waals surface area contributed by atoms with Gasteiger partial charge in [0.1, 0.15) is 36.1 Å². The summed E-state index contributed by atoms with van der Waals surface area (Å²) in [7, 11) is 0. The molecule has 0 radical (unpaired) electrons. The number of hydrogen-bond donors (Lipinski definition) is 1. The molecule has 1 N–H and O–H groups in total. The van der Waals surface area contributed by atoms with E-state index in [0.29, 0.717) is 32.1 Å². The summed E-state index contributed by atoms with van der Waals surface area (Å²) in [5.74, 6) is 1.05. The van der Waals surface area contributed by atoms with Gasteiger partial charge in [-0.15, -0.1) is 0 Å². The topological polar surface area (TPSA) is 63.6 Å². The summed E-state index contributed by atoms with van der Waals surface area (Å²) < 4.78 is 35.7. The molecule has 2 aromatic rings. The number of morpholine rings is 1. The molecule has 2 saturated heterocycles. The molecule has 0 aliphatic carbocycles. The summed E-state index contributed by atoms with van der Waals surface area (Å²) in [5.41, 5.74) is -0.00723. The fourth-order valence-corrected chi connectivity index (χ4v) is 4.03. The lowest BCUT2D eigenvalue weighted by Gasteiger charge is -2.30. The van der Waals surface area contributed by atoms with Crippen LogP contribution in [0.1, 0.15) is 5.56 Å². The summed E-state index contributed by atoms with van der Waals surface area (Å²) >= 11 is 0. The molecule has 0 amide bonds. The molecule has 1 atom stereocenters. The predicted octanol–water partition coefficient (Wildman–Crippen LogP) is 2.18. The SMILES string of the molecule is OC1(COc2ccc(F)cc2)COCCN(Cc2ccc(OCCN3CCOCC3)cc2)C1. The average molecular weight is 461 g/mol. The summed E-state index contributed by atoms with van der Waals surface area (Å²) in [4.78, 5) is 4.51. The van der Waals surface area contributed by atoms with Gasteiger partial charge in [0.15, 0.2) is 0 Å². The molecule has 180 valence electrons. The highest BCUT2D eigenvalue weighted by Gasteiger charge is 2.33. The summed E-state index contributed by atoms with van der Waals surface area (Å²) in [6, 6.07) is 13.9. The standard InChI is InChI=1S/C25H33FN2O5/c26-22-3-7-24(8-4-22)33-20-25(29)18-28(11-15-31-19-25)17-21-1-5-23(6-2-21)32-16-12-27-9-13-30-14-10-27/h1-8,29H,9-20H2. The zero-order chi connectivity index (χ0) is 22.9. The van der Waals surface area contributed by atoms with Crippen molar-refractivity contribution < 1.29 is 28.4 Å². The fraction of sp³-hybridized carbons (Fsp3) is 0.520. The van der Waals surface area contributed by atoms with Gasteiger partial charge < -0.3 is 24.1 Å². The molecule has 8 heteroatoms. The Labute approximate surface area is 194 Å². The van der Waals surface area contributed by atoms with Crippen LogP contribution in [0.15, 0.2) is 48.5 Å². The molecule has 2 heterocycles. The molecule has 0 bridgehead atoms. The molecular formula is C25H33FN2O5. The van der Waals surface area contributed by atoms with E-state index in [4.69, 9.17) is 18.9 Å². The van der Waals surface area contributed by atoms with E-state index in [1.807, 2.05) is 12.1 Å². The van der Waals surface area contributed by atoms with E-state index in [-0.39, 0.29) is 19.0 Å². The van der Waals surface area contributed by atoms with Crippen LogP contribution in [-0.4, -0.2) is 92.9 Å². The molecule has 1 unspecified atom stereocenters. The Kier molecular flexibility index (Phi) is 8.52. The molecule has 2 aliphatic heterocycles. The first kappa shape index (κ1) is 23.9. The molecule has 7 nitrogen and oxygen atoms in total. The number of hydrogen-bond acceptors (Lipinski definition) is 7. The van der Waals surface area contributed by atoms with Gasteiger partial charge in [-0.05, 0) is 42.0 Å². The number of nitrogens with zero attached hydrogens (tertiary/aromatic N) is 2. The highest BCUT2D eigenvalue weighted by molar-refractivity contribution is 5.27. The van der Waals surface area contributed by atoms with Crippen molar-refractivity contribution in [3.63, 3.8) is 0 Å². The van der Waals surface area contributed by atoms with E-state index in [9.17, 15) is 9.50 Å². The van der Waals surface area contributed by atoms with Crippen molar-refractivity contribution in [1.82, 2.24) is 9.80 Å². The van der Waals surface area contributed by atoms with Crippen LogP contribution in [0.5, 0.6) is 11.5 Å². The van der Waals surface area contributed by atoms with Crippen LogP contribution < -0.4 is 9.47 Å². The average Bonchev–Trinajstić information content (AvgIpc) is 3.02. The van der Waals surface area contributed by atoms with Crippen LogP contribution in [0, 0.1) is 5.82 Å². The van der Waals surface area contributed by atoms with Gasteiger partial charge in [-0.2, -0.15) is 0 Å². The van der Waals surface area contributed by atoms with Gasteiger partial charge in [-0.1, -0.05) is 12.1 Å². The number of rotatable bonds is 9. The van der Waals surface area contributed by atoms with Crippen LogP contribution in [0.25, 0.3) is 0 Å².